The highest BCUT2D eigenvalue weighted by Gasteiger charge is 2.06. The van der Waals surface area contributed by atoms with Gasteiger partial charge in [-0.15, -0.1) is 6.58 Å². The van der Waals surface area contributed by atoms with E-state index < -0.39 is 0 Å². The number of hydrogen-bond donors (Lipinski definition) is 0. The van der Waals surface area contributed by atoms with E-state index in [1.54, 1.807) is 0 Å². The molecule has 0 aliphatic heterocycles. The predicted octanol–water partition coefficient (Wildman–Crippen LogP) is 1.95. The summed E-state index contributed by atoms with van der Waals surface area (Å²) in [5.41, 5.74) is 0. The van der Waals surface area contributed by atoms with Gasteiger partial charge in [-0.3, -0.25) is 3.51 Å². The van der Waals surface area contributed by atoms with Gasteiger partial charge in [0.2, 0.25) is 16.1 Å². The van der Waals surface area contributed by atoms with Crippen molar-refractivity contribution in [2.75, 3.05) is 20.6 Å². The molecule has 0 radical (unpaired) electrons. The van der Waals surface area contributed by atoms with Crippen LogP contribution in [0.1, 0.15) is 6.42 Å². The van der Waals surface area contributed by atoms with Crippen LogP contribution in [-0.2, 0) is 0 Å². The molecule has 2 heteroatoms. The molecule has 1 nitrogen and oxygen atoms in total. The summed E-state index contributed by atoms with van der Waals surface area (Å²) in [5.74, 6) is 0. The van der Waals surface area contributed by atoms with Gasteiger partial charge in [-0.25, -0.2) is 0 Å². The van der Waals surface area contributed by atoms with E-state index in [1.165, 1.54) is 0 Å². The Labute approximate surface area is 59.9 Å². The molecule has 0 aromatic heterocycles. The fourth-order valence-electron chi connectivity index (χ4n) is 0.398. The van der Waals surface area contributed by atoms with Crippen molar-refractivity contribution >= 4 is 16.1 Å². The molecule has 0 heterocycles. The van der Waals surface area contributed by atoms with Gasteiger partial charge >= 0.3 is 0 Å². The van der Waals surface area contributed by atoms with Crippen molar-refractivity contribution in [3.63, 3.8) is 0 Å². The summed E-state index contributed by atoms with van der Waals surface area (Å²) >= 11 is 3.47. The Morgan fingerprint density at radius 2 is 2.12 bits per heavy atom. The maximum Gasteiger partial charge on any atom is 0.226 e. The fourth-order valence-corrected chi connectivity index (χ4v) is 0.603. The molecule has 0 saturated heterocycles. The quantitative estimate of drug-likeness (QED) is 0.458. The van der Waals surface area contributed by atoms with Gasteiger partial charge in [0.1, 0.15) is 0 Å². The molecule has 0 amide bonds. The highest BCUT2D eigenvalue weighted by molar-refractivity contribution is 9.05. The molecule has 0 saturated carbocycles. The van der Waals surface area contributed by atoms with Crippen LogP contribution in [0.2, 0.25) is 0 Å². The molecule has 0 aromatic carbocycles. The second kappa shape index (κ2) is 3.25. The Morgan fingerprint density at radius 3 is 2.25 bits per heavy atom. The summed E-state index contributed by atoms with van der Waals surface area (Å²) in [4.78, 5) is 0. The molecule has 0 spiro atoms. The number of quaternary nitrogens is 1. The maximum absolute atomic E-state index is 3.63. The molecular formula is C6H13BrN+. The normalized spacial score (nSPS) is 11.4. The second-order valence-corrected chi connectivity index (χ2v) is 4.26. The second-order valence-electron chi connectivity index (χ2n) is 2.34. The molecule has 0 bridgehead atoms. The van der Waals surface area contributed by atoms with Gasteiger partial charge < -0.3 is 0 Å². The van der Waals surface area contributed by atoms with Crippen molar-refractivity contribution in [3.05, 3.63) is 12.7 Å². The Morgan fingerprint density at radius 1 is 1.62 bits per heavy atom. The Bertz CT molecular complexity index is 73.1. The first kappa shape index (κ1) is 8.18. The van der Waals surface area contributed by atoms with Gasteiger partial charge in [-0.2, -0.15) is 0 Å². The lowest BCUT2D eigenvalue weighted by Crippen LogP contribution is -2.27. The van der Waals surface area contributed by atoms with Gasteiger partial charge in [0.15, 0.2) is 0 Å². The molecule has 0 N–H and O–H groups in total. The van der Waals surface area contributed by atoms with E-state index in [-0.39, 0.29) is 0 Å². The van der Waals surface area contributed by atoms with Crippen LogP contribution in [0.15, 0.2) is 12.7 Å². The molecular weight excluding hydrogens is 166 g/mol. The van der Waals surface area contributed by atoms with Crippen LogP contribution in [-0.4, -0.2) is 24.1 Å². The lowest BCUT2D eigenvalue weighted by atomic mass is 10.4. The zero-order valence-corrected chi connectivity index (χ0v) is 7.11. The van der Waals surface area contributed by atoms with E-state index in [4.69, 9.17) is 0 Å². The molecule has 0 rings (SSSR count). The summed E-state index contributed by atoms with van der Waals surface area (Å²) in [6.45, 7) is 4.73. The Hall–Kier alpha value is 0.180. The third-order valence-corrected chi connectivity index (χ3v) is 1.22. The van der Waals surface area contributed by atoms with E-state index in [0.717, 1.165) is 16.5 Å². The monoisotopic (exact) mass is 178 g/mol. The third kappa shape index (κ3) is 6.18. The number of nitrogens with zero attached hydrogens (tertiary/aromatic N) is 1. The van der Waals surface area contributed by atoms with Gasteiger partial charge in [0.05, 0.1) is 20.6 Å². The van der Waals surface area contributed by atoms with Crippen LogP contribution >= 0.6 is 16.1 Å². The third-order valence-electron chi connectivity index (χ3n) is 0.865. The largest absolute Gasteiger partial charge is 0.261 e. The van der Waals surface area contributed by atoms with Crippen LogP contribution in [0.4, 0.5) is 0 Å². The number of hydrogen-bond acceptors (Lipinski definition) is 0. The van der Waals surface area contributed by atoms with Crippen molar-refractivity contribution in [2.24, 2.45) is 0 Å². The molecule has 48 valence electrons. The van der Waals surface area contributed by atoms with E-state index in [0.29, 0.717) is 0 Å². The molecule has 8 heavy (non-hydrogen) atoms. The van der Waals surface area contributed by atoms with Crippen LogP contribution in [0.5, 0.6) is 0 Å². The highest BCUT2D eigenvalue weighted by Crippen LogP contribution is 2.05. The van der Waals surface area contributed by atoms with E-state index in [1.807, 2.05) is 6.08 Å². The van der Waals surface area contributed by atoms with Crippen LogP contribution < -0.4 is 0 Å². The average Bonchev–Trinajstić information content (AvgIpc) is 1.59. The van der Waals surface area contributed by atoms with Crippen molar-refractivity contribution in [1.29, 1.82) is 0 Å². The lowest BCUT2D eigenvalue weighted by Gasteiger charge is -2.17. The van der Waals surface area contributed by atoms with Crippen molar-refractivity contribution in [2.45, 2.75) is 6.42 Å². The minimum Gasteiger partial charge on any atom is -0.261 e. The summed E-state index contributed by atoms with van der Waals surface area (Å²) in [7, 11) is 4.20. The molecule has 0 fully saturated rings. The van der Waals surface area contributed by atoms with E-state index in [9.17, 15) is 0 Å². The first-order chi connectivity index (χ1) is 3.56. The summed E-state index contributed by atoms with van der Waals surface area (Å²) in [6, 6.07) is 0. The Kier molecular flexibility index (Phi) is 3.33. The molecule has 0 atom stereocenters. The average molecular weight is 179 g/mol. The van der Waals surface area contributed by atoms with Gasteiger partial charge in [-0.1, -0.05) is 6.08 Å². The van der Waals surface area contributed by atoms with Gasteiger partial charge in [-0.05, 0) is 0 Å². The van der Waals surface area contributed by atoms with Crippen LogP contribution in [0.3, 0.4) is 0 Å². The molecule has 0 aromatic rings. The number of rotatable bonds is 3. The maximum atomic E-state index is 3.63. The van der Waals surface area contributed by atoms with Gasteiger partial charge in [0.25, 0.3) is 0 Å². The summed E-state index contributed by atoms with van der Waals surface area (Å²) < 4.78 is 0.846. The van der Waals surface area contributed by atoms with Crippen LogP contribution in [0, 0.1) is 0 Å². The predicted molar refractivity (Wildman–Crippen MR) is 40.7 cm³/mol. The number of halogens is 1. The first-order valence-electron chi connectivity index (χ1n) is 2.70. The topological polar surface area (TPSA) is 0 Å². The lowest BCUT2D eigenvalue weighted by molar-refractivity contribution is -0.733. The summed E-state index contributed by atoms with van der Waals surface area (Å²) in [6.07, 6.45) is 3.00. The van der Waals surface area contributed by atoms with E-state index >= 15 is 0 Å². The van der Waals surface area contributed by atoms with Crippen molar-refractivity contribution < 1.29 is 3.51 Å². The zero-order chi connectivity index (χ0) is 6.62. The fraction of sp³-hybridized carbons (Fsp3) is 0.667. The minimum atomic E-state index is 0.846. The molecule has 0 aliphatic carbocycles. The van der Waals surface area contributed by atoms with E-state index in [2.05, 4.69) is 36.8 Å². The summed E-state index contributed by atoms with van der Waals surface area (Å²) in [5, 5.41) is 0. The first-order valence-corrected chi connectivity index (χ1v) is 3.41. The minimum absolute atomic E-state index is 0.846. The standard InChI is InChI=1S/C6H13BrN/c1-4-5-6-8(2,3)7/h4H,1,5-6H2,2-3H3/q+1. The molecule has 0 unspecified atom stereocenters. The van der Waals surface area contributed by atoms with Crippen molar-refractivity contribution in [1.82, 2.24) is 0 Å². The van der Waals surface area contributed by atoms with Crippen LogP contribution in [0.25, 0.3) is 0 Å². The van der Waals surface area contributed by atoms with Crippen molar-refractivity contribution in [3.8, 4) is 0 Å². The zero-order valence-electron chi connectivity index (χ0n) is 5.52. The Balaban J connectivity index is 3.24. The smallest absolute Gasteiger partial charge is 0.226 e. The van der Waals surface area contributed by atoms with Gasteiger partial charge in [0, 0.05) is 6.42 Å². The molecule has 0 aliphatic rings. The highest BCUT2D eigenvalue weighted by atomic mass is 79.9. The SMILES string of the molecule is C=CCC[N+](C)(C)Br.